The van der Waals surface area contributed by atoms with Crippen LogP contribution in [0.25, 0.3) is 0 Å². The van der Waals surface area contributed by atoms with E-state index in [1.165, 1.54) is 51.4 Å². The molecule has 0 saturated carbocycles. The molecule has 0 rings (SSSR count). The lowest BCUT2D eigenvalue weighted by Gasteiger charge is -2.33. The molecule has 0 aliphatic rings. The minimum absolute atomic E-state index is 0.119. The standard InChI is InChI=1S/C40H74NO6/c1-7-9-11-13-15-23-29-35-45-37(42)31-25-19-17-21-27-33-41(6,39(44)47-40(3,4)5)34-28-22-18-20-26-32-38(43)46-36-30-24-16-14-12-10-8-2/h23-24,29-30H,7-22,25-28,31-36H2,1-6H3/q+1/b29-23-,30-24-. The number of carbonyl (C=O) groups is 3. The Hall–Kier alpha value is -2.15. The van der Waals surface area contributed by atoms with Crippen molar-refractivity contribution in [1.29, 1.82) is 0 Å². The van der Waals surface area contributed by atoms with Gasteiger partial charge in [-0.1, -0.05) is 102 Å². The van der Waals surface area contributed by atoms with Gasteiger partial charge in [-0.25, -0.2) is 4.48 Å². The number of nitrogens with zero attached hydrogens (tertiary/aromatic N) is 1. The second kappa shape index (κ2) is 29.9. The van der Waals surface area contributed by atoms with Crippen LogP contribution in [0.2, 0.25) is 0 Å². The minimum Gasteiger partial charge on any atom is -0.461 e. The van der Waals surface area contributed by atoms with Crippen molar-refractivity contribution in [3.63, 3.8) is 0 Å². The Morgan fingerprint density at radius 3 is 1.32 bits per heavy atom. The maximum Gasteiger partial charge on any atom is 0.516 e. The molecule has 0 aromatic carbocycles. The van der Waals surface area contributed by atoms with Crippen molar-refractivity contribution in [2.24, 2.45) is 0 Å². The van der Waals surface area contributed by atoms with E-state index in [1.54, 1.807) is 0 Å². The quantitative estimate of drug-likeness (QED) is 0.0250. The van der Waals surface area contributed by atoms with Crippen LogP contribution in [-0.4, -0.2) is 61.5 Å². The molecule has 0 fully saturated rings. The molecule has 7 nitrogen and oxygen atoms in total. The Kier molecular flexibility index (Phi) is 28.6. The maximum absolute atomic E-state index is 13.2. The van der Waals surface area contributed by atoms with E-state index in [0.29, 0.717) is 26.1 Å². The van der Waals surface area contributed by atoms with E-state index in [1.807, 2.05) is 40.0 Å². The summed E-state index contributed by atoms with van der Waals surface area (Å²) >= 11 is 0. The van der Waals surface area contributed by atoms with Crippen LogP contribution in [0.5, 0.6) is 0 Å². The molecule has 47 heavy (non-hydrogen) atoms. The van der Waals surface area contributed by atoms with E-state index in [-0.39, 0.29) is 22.5 Å². The average Bonchev–Trinajstić information content (AvgIpc) is 3.01. The molecule has 0 unspecified atom stereocenters. The van der Waals surface area contributed by atoms with E-state index in [0.717, 1.165) is 90.1 Å². The molecule has 274 valence electrons. The molecule has 0 aliphatic carbocycles. The molecule has 7 heteroatoms. The zero-order valence-corrected chi connectivity index (χ0v) is 31.6. The number of rotatable bonds is 30. The number of quaternary nitrogens is 1. The maximum atomic E-state index is 13.2. The summed E-state index contributed by atoms with van der Waals surface area (Å²) < 4.78 is 16.7. The lowest BCUT2D eigenvalue weighted by Crippen LogP contribution is -2.52. The fraction of sp³-hybridized carbons (Fsp3) is 0.825. The monoisotopic (exact) mass is 665 g/mol. The van der Waals surface area contributed by atoms with Gasteiger partial charge in [0.1, 0.15) is 18.8 Å². The Labute approximate surface area is 289 Å². The summed E-state index contributed by atoms with van der Waals surface area (Å²) in [5, 5.41) is 0. The van der Waals surface area contributed by atoms with Crippen molar-refractivity contribution in [2.45, 2.75) is 181 Å². The van der Waals surface area contributed by atoms with Crippen LogP contribution in [0.1, 0.15) is 176 Å². The summed E-state index contributed by atoms with van der Waals surface area (Å²) in [6.45, 7) is 12.4. The lowest BCUT2D eigenvalue weighted by molar-refractivity contribution is -0.839. The second-order valence-corrected chi connectivity index (χ2v) is 14.4. The van der Waals surface area contributed by atoms with E-state index in [4.69, 9.17) is 14.2 Å². The van der Waals surface area contributed by atoms with Crippen molar-refractivity contribution in [3.8, 4) is 0 Å². The van der Waals surface area contributed by atoms with Gasteiger partial charge in [0.25, 0.3) is 0 Å². The topological polar surface area (TPSA) is 78.9 Å². The summed E-state index contributed by atoms with van der Waals surface area (Å²) in [6.07, 6.45) is 30.7. The smallest absolute Gasteiger partial charge is 0.461 e. The van der Waals surface area contributed by atoms with Gasteiger partial charge < -0.3 is 14.2 Å². The van der Waals surface area contributed by atoms with Crippen molar-refractivity contribution in [3.05, 3.63) is 24.3 Å². The highest BCUT2D eigenvalue weighted by Gasteiger charge is 2.35. The summed E-state index contributed by atoms with van der Waals surface area (Å²) in [4.78, 5) is 37.2. The van der Waals surface area contributed by atoms with E-state index < -0.39 is 5.60 Å². The van der Waals surface area contributed by atoms with E-state index in [2.05, 4.69) is 26.0 Å². The van der Waals surface area contributed by atoms with Crippen LogP contribution >= 0.6 is 0 Å². The number of carbonyl (C=O) groups excluding carboxylic acids is 3. The predicted molar refractivity (Wildman–Crippen MR) is 195 cm³/mol. The van der Waals surface area contributed by atoms with Gasteiger partial charge >= 0.3 is 18.0 Å². The fourth-order valence-electron chi connectivity index (χ4n) is 5.36. The van der Waals surface area contributed by atoms with Gasteiger partial charge in [0.15, 0.2) is 0 Å². The number of esters is 2. The van der Waals surface area contributed by atoms with Gasteiger partial charge in [-0.3, -0.25) is 9.59 Å². The predicted octanol–water partition coefficient (Wildman–Crippen LogP) is 11.2. The Balaban J connectivity index is 4.19. The first kappa shape index (κ1) is 44.9. The van der Waals surface area contributed by atoms with Crippen molar-refractivity contribution >= 4 is 18.0 Å². The highest BCUT2D eigenvalue weighted by Crippen LogP contribution is 2.19. The summed E-state index contributed by atoms with van der Waals surface area (Å²) in [6, 6.07) is 0. The van der Waals surface area contributed by atoms with Gasteiger partial charge in [0.05, 0.1) is 20.1 Å². The number of allylic oxidation sites excluding steroid dienone is 2. The second-order valence-electron chi connectivity index (χ2n) is 14.4. The summed E-state index contributed by atoms with van der Waals surface area (Å²) in [5.74, 6) is -0.239. The van der Waals surface area contributed by atoms with Crippen molar-refractivity contribution in [2.75, 3.05) is 33.4 Å². The molecule has 0 bridgehead atoms. The van der Waals surface area contributed by atoms with Crippen LogP contribution in [0.3, 0.4) is 0 Å². The zero-order chi connectivity index (χ0) is 35.1. The van der Waals surface area contributed by atoms with Crippen LogP contribution in [0.15, 0.2) is 24.3 Å². The first-order valence-corrected chi connectivity index (χ1v) is 19.2. The molecule has 0 aromatic heterocycles. The minimum atomic E-state index is -0.519. The highest BCUT2D eigenvalue weighted by atomic mass is 16.6. The zero-order valence-electron chi connectivity index (χ0n) is 31.6. The molecule has 0 aliphatic heterocycles. The largest absolute Gasteiger partial charge is 0.516 e. The fourth-order valence-corrected chi connectivity index (χ4v) is 5.36. The molecular formula is C40H74NO6+. The normalized spacial score (nSPS) is 12.2. The molecular weight excluding hydrogens is 590 g/mol. The van der Waals surface area contributed by atoms with Crippen LogP contribution in [0, 0.1) is 0 Å². The number of ether oxygens (including phenoxy) is 3. The van der Waals surface area contributed by atoms with Gasteiger partial charge in [0, 0.05) is 12.8 Å². The molecule has 1 amide bonds. The van der Waals surface area contributed by atoms with Crippen LogP contribution in [0.4, 0.5) is 4.79 Å². The van der Waals surface area contributed by atoms with Gasteiger partial charge in [-0.2, -0.15) is 4.79 Å². The molecule has 0 radical (unpaired) electrons. The molecule has 0 saturated heterocycles. The van der Waals surface area contributed by atoms with E-state index >= 15 is 0 Å². The average molecular weight is 665 g/mol. The number of hydrogen-bond acceptors (Lipinski definition) is 6. The van der Waals surface area contributed by atoms with Gasteiger partial charge in [0.2, 0.25) is 0 Å². The third-order valence-corrected chi connectivity index (χ3v) is 8.36. The van der Waals surface area contributed by atoms with Gasteiger partial charge in [-0.15, -0.1) is 0 Å². The number of amides is 1. The van der Waals surface area contributed by atoms with Crippen molar-refractivity contribution in [1.82, 2.24) is 0 Å². The van der Waals surface area contributed by atoms with Crippen molar-refractivity contribution < 1.29 is 33.1 Å². The summed E-state index contributed by atoms with van der Waals surface area (Å²) in [5.41, 5.74) is -0.519. The van der Waals surface area contributed by atoms with Crippen LogP contribution in [-0.2, 0) is 23.8 Å². The molecule has 0 aromatic rings. The summed E-state index contributed by atoms with van der Waals surface area (Å²) in [7, 11) is 2.00. The number of unbranched alkanes of at least 4 members (excludes halogenated alkanes) is 16. The number of hydrogen-bond donors (Lipinski definition) is 0. The van der Waals surface area contributed by atoms with Crippen LogP contribution < -0.4 is 0 Å². The molecule has 0 spiro atoms. The first-order valence-electron chi connectivity index (χ1n) is 19.2. The first-order chi connectivity index (χ1) is 22.5. The Morgan fingerprint density at radius 2 is 0.915 bits per heavy atom. The SMILES string of the molecule is CCCCCC/C=C\COC(=O)CCCCCCC[N+](C)(CCCCCCCC(=O)OC/C=C\CCCCCC)C(=O)OC(C)(C)C. The molecule has 0 atom stereocenters. The third-order valence-electron chi connectivity index (χ3n) is 8.36. The highest BCUT2D eigenvalue weighted by molar-refractivity contribution is 5.69. The molecule has 0 N–H and O–H groups in total. The van der Waals surface area contributed by atoms with Gasteiger partial charge in [-0.05, 0) is 85.0 Å². The van der Waals surface area contributed by atoms with E-state index in [9.17, 15) is 14.4 Å². The Morgan fingerprint density at radius 1 is 0.532 bits per heavy atom. The third kappa shape index (κ3) is 29.7. The Bertz CT molecular complexity index is 792. The molecule has 0 heterocycles. The lowest BCUT2D eigenvalue weighted by atomic mass is 10.1.